The fourth-order valence-electron chi connectivity index (χ4n) is 2.09. The van der Waals surface area contributed by atoms with E-state index in [1.807, 2.05) is 24.0 Å². The van der Waals surface area contributed by atoms with Crippen LogP contribution in [-0.4, -0.2) is 16.9 Å². The molecule has 88 valence electrons. The van der Waals surface area contributed by atoms with E-state index in [0.29, 0.717) is 17.4 Å². The van der Waals surface area contributed by atoms with Crippen molar-refractivity contribution in [2.75, 3.05) is 7.11 Å². The standard InChI is InChI=1S/C12H11ClN2O2/c1-15-12-7(5-14-15)6-17-10-4-9(13)11(16-2)3-8(10)12/h3-5H,6H2,1-2H3. The Bertz CT molecular complexity index is 592. The van der Waals surface area contributed by atoms with Gasteiger partial charge in [-0.2, -0.15) is 5.10 Å². The van der Waals surface area contributed by atoms with Crippen molar-refractivity contribution in [1.82, 2.24) is 9.78 Å². The molecule has 0 amide bonds. The molecule has 3 rings (SSSR count). The van der Waals surface area contributed by atoms with Gasteiger partial charge in [-0.25, -0.2) is 0 Å². The van der Waals surface area contributed by atoms with E-state index in [-0.39, 0.29) is 0 Å². The summed E-state index contributed by atoms with van der Waals surface area (Å²) in [5.41, 5.74) is 3.10. The Morgan fingerprint density at radius 2 is 2.29 bits per heavy atom. The number of rotatable bonds is 1. The molecular weight excluding hydrogens is 240 g/mol. The van der Waals surface area contributed by atoms with Gasteiger partial charge in [0.25, 0.3) is 0 Å². The maximum Gasteiger partial charge on any atom is 0.138 e. The Balaban J connectivity index is 2.27. The van der Waals surface area contributed by atoms with E-state index in [4.69, 9.17) is 21.1 Å². The Labute approximate surface area is 104 Å². The van der Waals surface area contributed by atoms with Crippen LogP contribution in [0.5, 0.6) is 11.5 Å². The molecule has 0 N–H and O–H groups in total. The Hall–Kier alpha value is -1.68. The van der Waals surface area contributed by atoms with Crippen molar-refractivity contribution < 1.29 is 9.47 Å². The topological polar surface area (TPSA) is 36.3 Å². The lowest BCUT2D eigenvalue weighted by Crippen LogP contribution is -2.07. The lowest BCUT2D eigenvalue weighted by Gasteiger charge is -2.19. The van der Waals surface area contributed by atoms with Crippen molar-refractivity contribution >= 4 is 11.6 Å². The predicted molar refractivity (Wildman–Crippen MR) is 64.5 cm³/mol. The number of benzene rings is 1. The molecule has 0 saturated heterocycles. The molecule has 0 saturated carbocycles. The molecule has 1 aromatic carbocycles. The van der Waals surface area contributed by atoms with Crippen molar-refractivity contribution in [3.05, 3.63) is 28.9 Å². The van der Waals surface area contributed by atoms with Gasteiger partial charge in [-0.3, -0.25) is 4.68 Å². The summed E-state index contributed by atoms with van der Waals surface area (Å²) in [5.74, 6) is 1.41. The van der Waals surface area contributed by atoms with Crippen LogP contribution in [0.15, 0.2) is 18.3 Å². The summed E-state index contributed by atoms with van der Waals surface area (Å²) >= 11 is 6.07. The Morgan fingerprint density at radius 3 is 3.06 bits per heavy atom. The van der Waals surface area contributed by atoms with E-state index in [1.54, 1.807) is 13.2 Å². The lowest BCUT2D eigenvalue weighted by atomic mass is 10.0. The van der Waals surface area contributed by atoms with Gasteiger partial charge in [0.15, 0.2) is 0 Å². The third kappa shape index (κ3) is 1.48. The first-order valence-electron chi connectivity index (χ1n) is 5.22. The summed E-state index contributed by atoms with van der Waals surface area (Å²) in [5, 5.41) is 4.79. The second kappa shape index (κ2) is 3.67. The highest BCUT2D eigenvalue weighted by atomic mass is 35.5. The van der Waals surface area contributed by atoms with Crippen LogP contribution in [0.2, 0.25) is 5.02 Å². The summed E-state index contributed by atoms with van der Waals surface area (Å²) in [7, 11) is 3.51. The normalized spacial score (nSPS) is 12.6. The molecule has 1 aliphatic heterocycles. The second-order valence-electron chi connectivity index (χ2n) is 3.91. The molecule has 5 heteroatoms. The quantitative estimate of drug-likeness (QED) is 0.781. The summed E-state index contributed by atoms with van der Waals surface area (Å²) in [6.45, 7) is 0.527. The van der Waals surface area contributed by atoms with Crippen LogP contribution < -0.4 is 9.47 Å². The third-order valence-electron chi connectivity index (χ3n) is 2.91. The SMILES string of the molecule is COc1cc2c(cc1Cl)OCc1cnn(C)c1-2. The third-order valence-corrected chi connectivity index (χ3v) is 3.20. The second-order valence-corrected chi connectivity index (χ2v) is 4.32. The van der Waals surface area contributed by atoms with E-state index >= 15 is 0 Å². The number of fused-ring (bicyclic) bond motifs is 3. The summed E-state index contributed by atoms with van der Waals surface area (Å²) < 4.78 is 12.7. The summed E-state index contributed by atoms with van der Waals surface area (Å²) in [4.78, 5) is 0. The highest BCUT2D eigenvalue weighted by Crippen LogP contribution is 2.42. The molecule has 17 heavy (non-hydrogen) atoms. The Morgan fingerprint density at radius 1 is 1.47 bits per heavy atom. The number of aromatic nitrogens is 2. The molecule has 0 bridgehead atoms. The molecule has 2 aromatic rings. The number of ether oxygens (including phenoxy) is 2. The molecule has 0 spiro atoms. The molecule has 1 aromatic heterocycles. The molecule has 0 unspecified atom stereocenters. The number of halogens is 1. The van der Waals surface area contributed by atoms with Gasteiger partial charge in [0, 0.05) is 24.2 Å². The molecule has 0 fully saturated rings. The molecule has 1 aliphatic rings. The number of hydrogen-bond donors (Lipinski definition) is 0. The van der Waals surface area contributed by atoms with E-state index in [1.165, 1.54) is 0 Å². The molecular formula is C12H11ClN2O2. The highest BCUT2D eigenvalue weighted by molar-refractivity contribution is 6.32. The van der Waals surface area contributed by atoms with Gasteiger partial charge in [0.1, 0.15) is 18.1 Å². The van der Waals surface area contributed by atoms with Gasteiger partial charge >= 0.3 is 0 Å². The molecule has 0 aliphatic carbocycles. The molecule has 0 atom stereocenters. The fourth-order valence-corrected chi connectivity index (χ4v) is 2.32. The zero-order valence-corrected chi connectivity index (χ0v) is 10.3. The molecule has 4 nitrogen and oxygen atoms in total. The maximum atomic E-state index is 6.07. The van der Waals surface area contributed by atoms with Gasteiger partial charge in [-0.15, -0.1) is 0 Å². The van der Waals surface area contributed by atoms with Crippen molar-refractivity contribution in [1.29, 1.82) is 0 Å². The van der Waals surface area contributed by atoms with Gasteiger partial charge in [-0.05, 0) is 6.07 Å². The summed E-state index contributed by atoms with van der Waals surface area (Å²) in [6.07, 6.45) is 1.82. The van der Waals surface area contributed by atoms with Crippen molar-refractivity contribution in [3.63, 3.8) is 0 Å². The van der Waals surface area contributed by atoms with Crippen LogP contribution in [0, 0.1) is 0 Å². The monoisotopic (exact) mass is 250 g/mol. The minimum atomic E-state index is 0.527. The lowest BCUT2D eigenvalue weighted by molar-refractivity contribution is 0.301. The van der Waals surface area contributed by atoms with Gasteiger partial charge in [-0.1, -0.05) is 11.6 Å². The number of methoxy groups -OCH3 is 1. The summed E-state index contributed by atoms with van der Waals surface area (Å²) in [6, 6.07) is 3.67. The van der Waals surface area contributed by atoms with Gasteiger partial charge < -0.3 is 9.47 Å². The first kappa shape index (κ1) is 10.5. The zero-order valence-electron chi connectivity index (χ0n) is 9.53. The van der Waals surface area contributed by atoms with Crippen LogP contribution in [-0.2, 0) is 13.7 Å². The van der Waals surface area contributed by atoms with Crippen LogP contribution in [0.25, 0.3) is 11.3 Å². The average molecular weight is 251 g/mol. The molecule has 2 heterocycles. The Kier molecular flexibility index (Phi) is 2.26. The average Bonchev–Trinajstić information content (AvgIpc) is 2.70. The number of nitrogens with zero attached hydrogens (tertiary/aromatic N) is 2. The largest absolute Gasteiger partial charge is 0.495 e. The predicted octanol–water partition coefficient (Wildman–Crippen LogP) is 2.64. The van der Waals surface area contributed by atoms with Crippen LogP contribution >= 0.6 is 11.6 Å². The van der Waals surface area contributed by atoms with Crippen molar-refractivity contribution in [2.45, 2.75) is 6.61 Å². The fraction of sp³-hybridized carbons (Fsp3) is 0.250. The number of hydrogen-bond acceptors (Lipinski definition) is 3. The highest BCUT2D eigenvalue weighted by Gasteiger charge is 2.22. The minimum absolute atomic E-state index is 0.527. The smallest absolute Gasteiger partial charge is 0.138 e. The maximum absolute atomic E-state index is 6.07. The zero-order chi connectivity index (χ0) is 12.0. The van der Waals surface area contributed by atoms with Crippen molar-refractivity contribution in [2.24, 2.45) is 7.05 Å². The van der Waals surface area contributed by atoms with Gasteiger partial charge in [0.2, 0.25) is 0 Å². The van der Waals surface area contributed by atoms with E-state index in [2.05, 4.69) is 5.10 Å². The molecule has 0 radical (unpaired) electrons. The van der Waals surface area contributed by atoms with Crippen LogP contribution in [0.1, 0.15) is 5.56 Å². The van der Waals surface area contributed by atoms with E-state index in [9.17, 15) is 0 Å². The minimum Gasteiger partial charge on any atom is -0.495 e. The first-order chi connectivity index (χ1) is 8.20. The van der Waals surface area contributed by atoms with Gasteiger partial charge in [0.05, 0.1) is 24.0 Å². The van der Waals surface area contributed by atoms with E-state index < -0.39 is 0 Å². The van der Waals surface area contributed by atoms with Crippen LogP contribution in [0.3, 0.4) is 0 Å². The van der Waals surface area contributed by atoms with Crippen molar-refractivity contribution in [3.8, 4) is 22.8 Å². The number of aryl methyl sites for hydroxylation is 1. The first-order valence-corrected chi connectivity index (χ1v) is 5.60. The van der Waals surface area contributed by atoms with Crippen LogP contribution in [0.4, 0.5) is 0 Å². The van der Waals surface area contributed by atoms with E-state index in [0.717, 1.165) is 22.6 Å².